The summed E-state index contributed by atoms with van der Waals surface area (Å²) in [5, 5.41) is 2.75. The number of pyridine rings is 1. The lowest BCUT2D eigenvalue weighted by Gasteiger charge is -2.29. The van der Waals surface area contributed by atoms with E-state index in [1.165, 1.54) is 7.11 Å². The standard InChI is InChI=1S/C28H30F3N3O6S/c1-38-26-18-20(8-13-25(26)39-17-14-21-6-2-4-15-32-21)19-34(24-7-3-5-16-33-27(24)35)41(36,37)23-11-9-22(10-12-23)40-28(29,30)31/h2,4,6,8-13,15,18,24H,3,5,7,14,16-17,19H2,1H3,(H,33,35)/t24-/m0/s1. The number of rotatable bonds is 11. The van der Waals surface area contributed by atoms with Crippen molar-refractivity contribution >= 4 is 15.9 Å². The number of nitrogens with zero attached hydrogens (tertiary/aromatic N) is 2. The van der Waals surface area contributed by atoms with E-state index < -0.39 is 34.1 Å². The maximum atomic E-state index is 13.8. The first-order chi connectivity index (χ1) is 19.6. The molecular weight excluding hydrogens is 563 g/mol. The number of carbonyl (C=O) groups is 1. The summed E-state index contributed by atoms with van der Waals surface area (Å²) in [7, 11) is -2.87. The maximum Gasteiger partial charge on any atom is 0.573 e. The largest absolute Gasteiger partial charge is 0.573 e. The van der Waals surface area contributed by atoms with Crippen LogP contribution in [0.5, 0.6) is 17.2 Å². The maximum absolute atomic E-state index is 13.8. The molecule has 4 rings (SSSR count). The number of hydrogen-bond donors (Lipinski definition) is 1. The highest BCUT2D eigenvalue weighted by atomic mass is 32.2. The molecule has 1 amide bonds. The molecule has 0 bridgehead atoms. The number of halogens is 3. The first kappa shape index (κ1) is 30.1. The van der Waals surface area contributed by atoms with Crippen LogP contribution < -0.4 is 19.5 Å². The van der Waals surface area contributed by atoms with Gasteiger partial charge in [0.2, 0.25) is 15.9 Å². The minimum Gasteiger partial charge on any atom is -0.493 e. The number of hydrogen-bond acceptors (Lipinski definition) is 7. The van der Waals surface area contributed by atoms with Crippen LogP contribution in [0, 0.1) is 0 Å². The zero-order chi connectivity index (χ0) is 29.5. The van der Waals surface area contributed by atoms with Gasteiger partial charge in [-0.05, 0) is 73.4 Å². The first-order valence-corrected chi connectivity index (χ1v) is 14.4. The molecule has 0 unspecified atom stereocenters. The third-order valence-corrected chi connectivity index (χ3v) is 8.30. The Morgan fingerprint density at radius 1 is 1.05 bits per heavy atom. The molecule has 3 aromatic rings. The number of amides is 1. The van der Waals surface area contributed by atoms with Gasteiger partial charge in [0.15, 0.2) is 11.5 Å². The van der Waals surface area contributed by atoms with E-state index in [2.05, 4.69) is 15.0 Å². The second-order valence-corrected chi connectivity index (χ2v) is 11.2. The van der Waals surface area contributed by atoms with Crippen LogP contribution in [0.2, 0.25) is 0 Å². The molecule has 41 heavy (non-hydrogen) atoms. The molecule has 1 N–H and O–H groups in total. The van der Waals surface area contributed by atoms with Gasteiger partial charge in [0.1, 0.15) is 11.8 Å². The lowest BCUT2D eigenvalue weighted by atomic mass is 10.1. The van der Waals surface area contributed by atoms with E-state index in [4.69, 9.17) is 9.47 Å². The van der Waals surface area contributed by atoms with Gasteiger partial charge < -0.3 is 19.5 Å². The van der Waals surface area contributed by atoms with Crippen LogP contribution in [0.4, 0.5) is 13.2 Å². The Balaban J connectivity index is 1.59. The van der Waals surface area contributed by atoms with Crippen molar-refractivity contribution in [1.29, 1.82) is 0 Å². The topological polar surface area (TPSA) is 107 Å². The number of ether oxygens (including phenoxy) is 3. The number of sulfonamides is 1. The van der Waals surface area contributed by atoms with Crippen LogP contribution >= 0.6 is 0 Å². The minimum atomic E-state index is -4.92. The van der Waals surface area contributed by atoms with Crippen LogP contribution in [0.1, 0.15) is 30.5 Å². The number of alkyl halides is 3. The lowest BCUT2D eigenvalue weighted by Crippen LogP contribution is -2.48. The molecule has 0 saturated carbocycles. The number of aromatic nitrogens is 1. The molecule has 0 spiro atoms. The van der Waals surface area contributed by atoms with Crippen LogP contribution in [-0.2, 0) is 27.8 Å². The van der Waals surface area contributed by atoms with Crippen molar-refractivity contribution in [2.75, 3.05) is 20.3 Å². The molecule has 220 valence electrons. The Bertz CT molecular complexity index is 1420. The number of benzene rings is 2. The average Bonchev–Trinajstić information content (AvgIpc) is 3.16. The average molecular weight is 594 g/mol. The molecule has 0 aliphatic carbocycles. The fourth-order valence-corrected chi connectivity index (χ4v) is 6.04. The Morgan fingerprint density at radius 2 is 1.83 bits per heavy atom. The zero-order valence-corrected chi connectivity index (χ0v) is 23.1. The Hall–Kier alpha value is -3.84. The molecule has 1 saturated heterocycles. The first-order valence-electron chi connectivity index (χ1n) is 12.9. The monoisotopic (exact) mass is 593 g/mol. The third kappa shape index (κ3) is 8.10. The molecule has 13 heteroatoms. The van der Waals surface area contributed by atoms with E-state index in [-0.39, 0.29) is 17.9 Å². The molecule has 1 aliphatic rings. The second-order valence-electron chi connectivity index (χ2n) is 9.28. The van der Waals surface area contributed by atoms with Crippen LogP contribution in [0.3, 0.4) is 0 Å². The van der Waals surface area contributed by atoms with E-state index in [9.17, 15) is 26.4 Å². The van der Waals surface area contributed by atoms with E-state index in [1.807, 2.05) is 18.2 Å². The zero-order valence-electron chi connectivity index (χ0n) is 22.3. The highest BCUT2D eigenvalue weighted by molar-refractivity contribution is 7.89. The van der Waals surface area contributed by atoms with E-state index in [0.717, 1.165) is 34.3 Å². The van der Waals surface area contributed by atoms with Crippen molar-refractivity contribution in [3.05, 3.63) is 78.1 Å². The number of nitrogens with one attached hydrogen (secondary N) is 1. The summed E-state index contributed by atoms with van der Waals surface area (Å²) in [6.45, 7) is 0.570. The van der Waals surface area contributed by atoms with Gasteiger partial charge in [0.05, 0.1) is 18.6 Å². The van der Waals surface area contributed by atoms with Crippen molar-refractivity contribution in [1.82, 2.24) is 14.6 Å². The van der Waals surface area contributed by atoms with Gasteiger partial charge in [0.25, 0.3) is 0 Å². The summed E-state index contributed by atoms with van der Waals surface area (Å²) >= 11 is 0. The van der Waals surface area contributed by atoms with Crippen molar-refractivity contribution in [3.8, 4) is 17.2 Å². The highest BCUT2D eigenvalue weighted by Crippen LogP contribution is 2.32. The summed E-state index contributed by atoms with van der Waals surface area (Å²) in [6, 6.07) is 13.4. The highest BCUT2D eigenvalue weighted by Gasteiger charge is 2.37. The van der Waals surface area contributed by atoms with Crippen molar-refractivity contribution in [3.63, 3.8) is 0 Å². The van der Waals surface area contributed by atoms with E-state index >= 15 is 0 Å². The summed E-state index contributed by atoms with van der Waals surface area (Å²) in [5.41, 5.74) is 1.39. The van der Waals surface area contributed by atoms with Gasteiger partial charge in [-0.2, -0.15) is 4.31 Å². The molecular formula is C28H30F3N3O6S. The van der Waals surface area contributed by atoms with Crippen molar-refractivity contribution < 1.29 is 40.6 Å². The Morgan fingerprint density at radius 3 is 2.51 bits per heavy atom. The van der Waals surface area contributed by atoms with Crippen LogP contribution in [0.15, 0.2) is 71.8 Å². The van der Waals surface area contributed by atoms with Crippen LogP contribution in [-0.4, -0.2) is 56.3 Å². The van der Waals surface area contributed by atoms with Crippen LogP contribution in [0.25, 0.3) is 0 Å². The van der Waals surface area contributed by atoms with Crippen molar-refractivity contribution in [2.45, 2.75) is 49.5 Å². The van der Waals surface area contributed by atoms with Crippen molar-refractivity contribution in [2.24, 2.45) is 0 Å². The molecule has 2 heterocycles. The Labute approximate surface area is 236 Å². The number of carbonyl (C=O) groups excluding carboxylic acids is 1. The fraction of sp³-hybridized carbons (Fsp3) is 0.357. The van der Waals surface area contributed by atoms with E-state index in [1.54, 1.807) is 24.4 Å². The summed E-state index contributed by atoms with van der Waals surface area (Å²) in [6.07, 6.45) is -1.06. The lowest BCUT2D eigenvalue weighted by molar-refractivity contribution is -0.274. The van der Waals surface area contributed by atoms with Gasteiger partial charge in [-0.15, -0.1) is 13.2 Å². The normalized spacial score (nSPS) is 16.1. The molecule has 1 fully saturated rings. The molecule has 2 aromatic carbocycles. The summed E-state index contributed by atoms with van der Waals surface area (Å²) in [4.78, 5) is 16.9. The predicted molar refractivity (Wildman–Crippen MR) is 143 cm³/mol. The minimum absolute atomic E-state index is 0.189. The molecule has 0 radical (unpaired) electrons. The third-order valence-electron chi connectivity index (χ3n) is 6.43. The molecule has 1 aliphatic heterocycles. The predicted octanol–water partition coefficient (Wildman–Crippen LogP) is 4.47. The summed E-state index contributed by atoms with van der Waals surface area (Å²) < 4.78 is 81.7. The van der Waals surface area contributed by atoms with Gasteiger partial charge in [0, 0.05) is 31.4 Å². The number of methoxy groups -OCH3 is 1. The van der Waals surface area contributed by atoms with Gasteiger partial charge in [-0.3, -0.25) is 9.78 Å². The SMILES string of the molecule is COc1cc(CN([C@H]2CCCCNC2=O)S(=O)(=O)c2ccc(OC(F)(F)F)cc2)ccc1OCCc1ccccn1. The Kier molecular flexibility index (Phi) is 9.71. The van der Waals surface area contributed by atoms with Gasteiger partial charge in [-0.25, -0.2) is 8.42 Å². The second kappa shape index (κ2) is 13.2. The molecule has 9 nitrogen and oxygen atoms in total. The summed E-state index contributed by atoms with van der Waals surface area (Å²) in [5.74, 6) is -0.169. The fourth-order valence-electron chi connectivity index (χ4n) is 4.43. The van der Waals surface area contributed by atoms with E-state index in [0.29, 0.717) is 49.5 Å². The smallest absolute Gasteiger partial charge is 0.493 e. The molecule has 1 atom stereocenters. The van der Waals surface area contributed by atoms with Gasteiger partial charge in [-0.1, -0.05) is 12.1 Å². The quantitative estimate of drug-likeness (QED) is 0.350. The molecule has 1 aromatic heterocycles. The van der Waals surface area contributed by atoms with Gasteiger partial charge >= 0.3 is 6.36 Å².